The molecule has 0 aliphatic heterocycles. The second-order valence-electron chi connectivity index (χ2n) is 6.31. The topological polar surface area (TPSA) is 91.6 Å². The number of nitrogens with zero attached hydrogens (tertiary/aromatic N) is 4. The molecule has 2 aromatic rings. The summed E-state index contributed by atoms with van der Waals surface area (Å²) in [5.41, 5.74) is 2.05. The Morgan fingerprint density at radius 2 is 2.04 bits per heavy atom. The van der Waals surface area contributed by atoms with Crippen molar-refractivity contribution in [1.29, 1.82) is 0 Å². The third kappa shape index (κ3) is 5.80. The molecule has 0 aliphatic carbocycles. The Morgan fingerprint density at radius 3 is 2.64 bits per heavy atom. The van der Waals surface area contributed by atoms with E-state index in [2.05, 4.69) is 26.8 Å². The van der Waals surface area contributed by atoms with Crippen LogP contribution in [0.2, 0.25) is 0 Å². The zero-order valence-corrected chi connectivity index (χ0v) is 17.8. The molecule has 1 heterocycles. The van der Waals surface area contributed by atoms with Gasteiger partial charge in [0.05, 0.1) is 17.5 Å². The standard InChI is InChI=1S/C19H30N6O2S/c1-5-24(6-2)28(26,27)14-12-21-19(20-4)23-16(3)17-9-7-10-18(15-17)25-13-8-11-22-25/h7-11,13,15-16H,5-6,12,14H2,1-4H3,(H2,20,21,23). The third-order valence-corrected chi connectivity index (χ3v) is 6.49. The third-order valence-electron chi connectivity index (χ3n) is 4.47. The first-order valence-corrected chi connectivity index (χ1v) is 11.1. The molecular weight excluding hydrogens is 376 g/mol. The van der Waals surface area contributed by atoms with Gasteiger partial charge in [0.15, 0.2) is 5.96 Å². The number of hydrogen-bond acceptors (Lipinski definition) is 4. The second kappa shape index (κ2) is 10.2. The number of sulfonamides is 1. The van der Waals surface area contributed by atoms with Crippen LogP contribution in [-0.4, -0.2) is 60.9 Å². The minimum atomic E-state index is -3.26. The molecule has 2 N–H and O–H groups in total. The van der Waals surface area contributed by atoms with Gasteiger partial charge in [-0.1, -0.05) is 26.0 Å². The van der Waals surface area contributed by atoms with E-state index in [1.807, 2.05) is 51.2 Å². The number of rotatable bonds is 9. The van der Waals surface area contributed by atoms with Crippen LogP contribution in [0.25, 0.3) is 5.69 Å². The fourth-order valence-corrected chi connectivity index (χ4v) is 4.29. The minimum absolute atomic E-state index is 0.0129. The first-order chi connectivity index (χ1) is 13.4. The Balaban J connectivity index is 1.95. The molecule has 0 saturated heterocycles. The highest BCUT2D eigenvalue weighted by molar-refractivity contribution is 7.89. The van der Waals surface area contributed by atoms with E-state index in [1.54, 1.807) is 17.9 Å². The Labute approximate surface area is 167 Å². The number of nitrogens with one attached hydrogen (secondary N) is 2. The SMILES string of the molecule is CCN(CC)S(=O)(=O)CCNC(=NC)NC(C)c1cccc(-n2cccn2)c1. The number of aliphatic imine (C=N–C) groups is 1. The maximum absolute atomic E-state index is 12.3. The van der Waals surface area contributed by atoms with Crippen molar-refractivity contribution in [1.82, 2.24) is 24.7 Å². The molecule has 0 saturated carbocycles. The van der Waals surface area contributed by atoms with Crippen LogP contribution in [0.15, 0.2) is 47.7 Å². The molecule has 1 atom stereocenters. The van der Waals surface area contributed by atoms with Gasteiger partial charge in [-0.2, -0.15) is 5.10 Å². The lowest BCUT2D eigenvalue weighted by Gasteiger charge is -2.21. The van der Waals surface area contributed by atoms with E-state index in [0.717, 1.165) is 11.3 Å². The molecule has 8 nitrogen and oxygen atoms in total. The summed E-state index contributed by atoms with van der Waals surface area (Å²) in [6.45, 7) is 6.97. The normalized spacial score (nSPS) is 13.5. The van der Waals surface area contributed by atoms with Gasteiger partial charge in [-0.15, -0.1) is 0 Å². The predicted molar refractivity (Wildman–Crippen MR) is 113 cm³/mol. The van der Waals surface area contributed by atoms with Gasteiger partial charge in [0.1, 0.15) is 0 Å². The molecule has 1 aromatic carbocycles. The van der Waals surface area contributed by atoms with E-state index in [0.29, 0.717) is 25.6 Å². The molecule has 154 valence electrons. The van der Waals surface area contributed by atoms with Gasteiger partial charge in [0.25, 0.3) is 0 Å². The van der Waals surface area contributed by atoms with Crippen molar-refractivity contribution in [3.63, 3.8) is 0 Å². The molecule has 9 heteroatoms. The van der Waals surface area contributed by atoms with Crippen molar-refractivity contribution in [3.8, 4) is 5.69 Å². The number of benzene rings is 1. The van der Waals surface area contributed by atoms with Crippen molar-refractivity contribution in [3.05, 3.63) is 48.3 Å². The van der Waals surface area contributed by atoms with E-state index in [1.165, 1.54) is 4.31 Å². The highest BCUT2D eigenvalue weighted by Gasteiger charge is 2.18. The maximum Gasteiger partial charge on any atom is 0.215 e. The Kier molecular flexibility index (Phi) is 8.01. The number of guanidine groups is 1. The van der Waals surface area contributed by atoms with Crippen molar-refractivity contribution < 1.29 is 8.42 Å². The van der Waals surface area contributed by atoms with Crippen LogP contribution < -0.4 is 10.6 Å². The molecule has 2 rings (SSSR count). The summed E-state index contributed by atoms with van der Waals surface area (Å²) in [5, 5.41) is 10.6. The Bertz CT molecular complexity index is 860. The van der Waals surface area contributed by atoms with E-state index in [4.69, 9.17) is 0 Å². The molecule has 0 amide bonds. The highest BCUT2D eigenvalue weighted by atomic mass is 32.2. The Hall–Kier alpha value is -2.39. The van der Waals surface area contributed by atoms with Gasteiger partial charge in [-0.05, 0) is 30.7 Å². The second-order valence-corrected chi connectivity index (χ2v) is 8.40. The summed E-state index contributed by atoms with van der Waals surface area (Å²) in [6.07, 6.45) is 3.64. The van der Waals surface area contributed by atoms with Crippen molar-refractivity contribution in [2.45, 2.75) is 26.8 Å². The monoisotopic (exact) mass is 406 g/mol. The summed E-state index contributed by atoms with van der Waals surface area (Å²) in [7, 11) is -1.59. The molecule has 1 aromatic heterocycles. The van der Waals surface area contributed by atoms with Crippen LogP contribution in [0.1, 0.15) is 32.4 Å². The summed E-state index contributed by atoms with van der Waals surface area (Å²) >= 11 is 0. The Morgan fingerprint density at radius 1 is 1.29 bits per heavy atom. The average molecular weight is 407 g/mol. The zero-order chi connectivity index (χ0) is 20.6. The predicted octanol–water partition coefficient (Wildman–Crippen LogP) is 1.77. The fourth-order valence-electron chi connectivity index (χ4n) is 2.89. The molecular formula is C19H30N6O2S. The summed E-state index contributed by atoms with van der Waals surface area (Å²) in [6, 6.07) is 9.94. The average Bonchev–Trinajstić information content (AvgIpc) is 3.22. The molecule has 0 radical (unpaired) electrons. The van der Waals surface area contributed by atoms with Crippen LogP contribution in [0.4, 0.5) is 0 Å². The minimum Gasteiger partial charge on any atom is -0.355 e. The maximum atomic E-state index is 12.3. The van der Waals surface area contributed by atoms with Gasteiger partial charge in [-0.3, -0.25) is 4.99 Å². The lowest BCUT2D eigenvalue weighted by molar-refractivity contribution is 0.445. The summed E-state index contributed by atoms with van der Waals surface area (Å²) in [4.78, 5) is 4.20. The van der Waals surface area contributed by atoms with Gasteiger partial charge < -0.3 is 10.6 Å². The fraction of sp³-hybridized carbons (Fsp3) is 0.474. The smallest absolute Gasteiger partial charge is 0.215 e. The van der Waals surface area contributed by atoms with E-state index < -0.39 is 10.0 Å². The van der Waals surface area contributed by atoms with Crippen molar-refractivity contribution in [2.75, 3.05) is 32.4 Å². The van der Waals surface area contributed by atoms with Crippen molar-refractivity contribution >= 4 is 16.0 Å². The summed E-state index contributed by atoms with van der Waals surface area (Å²) in [5.74, 6) is 0.588. The van der Waals surface area contributed by atoms with Crippen LogP contribution in [0.5, 0.6) is 0 Å². The van der Waals surface area contributed by atoms with Gasteiger partial charge in [0, 0.05) is 39.1 Å². The lowest BCUT2D eigenvalue weighted by atomic mass is 10.1. The van der Waals surface area contributed by atoms with Crippen LogP contribution in [0, 0.1) is 0 Å². The number of hydrogen-bond donors (Lipinski definition) is 2. The molecule has 0 fully saturated rings. The largest absolute Gasteiger partial charge is 0.355 e. The molecule has 1 unspecified atom stereocenters. The summed E-state index contributed by atoms with van der Waals surface area (Å²) < 4.78 is 27.8. The van der Waals surface area contributed by atoms with E-state index >= 15 is 0 Å². The lowest BCUT2D eigenvalue weighted by Crippen LogP contribution is -2.42. The quantitative estimate of drug-likeness (QED) is 0.489. The van der Waals surface area contributed by atoms with Crippen molar-refractivity contribution in [2.24, 2.45) is 4.99 Å². The van der Waals surface area contributed by atoms with Crippen LogP contribution >= 0.6 is 0 Å². The molecule has 0 spiro atoms. The molecule has 0 bridgehead atoms. The molecule has 0 aliphatic rings. The van der Waals surface area contributed by atoms with E-state index in [-0.39, 0.29) is 11.8 Å². The van der Waals surface area contributed by atoms with E-state index in [9.17, 15) is 8.42 Å². The highest BCUT2D eigenvalue weighted by Crippen LogP contribution is 2.16. The first kappa shape index (κ1) is 21.9. The van der Waals surface area contributed by atoms with Crippen LogP contribution in [0.3, 0.4) is 0 Å². The van der Waals surface area contributed by atoms with Gasteiger partial charge >= 0.3 is 0 Å². The van der Waals surface area contributed by atoms with Gasteiger partial charge in [-0.25, -0.2) is 17.4 Å². The van der Waals surface area contributed by atoms with Crippen LogP contribution in [-0.2, 0) is 10.0 Å². The van der Waals surface area contributed by atoms with Gasteiger partial charge in [0.2, 0.25) is 10.0 Å². The zero-order valence-electron chi connectivity index (χ0n) is 17.0. The first-order valence-electron chi connectivity index (χ1n) is 9.46. The number of aromatic nitrogens is 2. The molecule has 28 heavy (non-hydrogen) atoms.